The van der Waals surface area contributed by atoms with Gasteiger partial charge in [-0.05, 0) is 37.6 Å². The zero-order valence-electron chi connectivity index (χ0n) is 12.3. The largest absolute Gasteiger partial charge is 0.399 e. The molecule has 110 valence electrons. The molecule has 4 heteroatoms. The van der Waals surface area contributed by atoms with E-state index in [4.69, 9.17) is 5.73 Å². The second kappa shape index (κ2) is 7.29. The van der Waals surface area contributed by atoms with E-state index in [1.165, 1.54) is 19.3 Å². The van der Waals surface area contributed by atoms with Crippen molar-refractivity contribution >= 4 is 11.6 Å². The number of amides is 1. The zero-order valence-corrected chi connectivity index (χ0v) is 12.3. The summed E-state index contributed by atoms with van der Waals surface area (Å²) in [6.45, 7) is 1.18. The molecular formula is C16H25N3O. The van der Waals surface area contributed by atoms with Gasteiger partial charge >= 0.3 is 0 Å². The van der Waals surface area contributed by atoms with Crippen molar-refractivity contribution in [3.05, 3.63) is 29.8 Å². The molecule has 1 aliphatic rings. The Bertz CT molecular complexity index is 441. The Labute approximate surface area is 121 Å². The molecule has 0 radical (unpaired) electrons. The van der Waals surface area contributed by atoms with Gasteiger partial charge in [-0.25, -0.2) is 0 Å². The van der Waals surface area contributed by atoms with Gasteiger partial charge in [-0.1, -0.05) is 31.4 Å². The van der Waals surface area contributed by atoms with Gasteiger partial charge in [0.05, 0.1) is 6.54 Å². The van der Waals surface area contributed by atoms with E-state index in [1.807, 2.05) is 36.2 Å². The zero-order chi connectivity index (χ0) is 14.4. The van der Waals surface area contributed by atoms with E-state index in [0.717, 1.165) is 30.6 Å². The third-order valence-corrected chi connectivity index (χ3v) is 3.79. The number of hydrogen-bond donors (Lipinski definition) is 2. The van der Waals surface area contributed by atoms with E-state index < -0.39 is 0 Å². The van der Waals surface area contributed by atoms with Crippen molar-refractivity contribution < 1.29 is 4.79 Å². The van der Waals surface area contributed by atoms with E-state index in [0.29, 0.717) is 12.6 Å². The van der Waals surface area contributed by atoms with Gasteiger partial charge < -0.3 is 11.1 Å². The van der Waals surface area contributed by atoms with Gasteiger partial charge in [0.25, 0.3) is 0 Å². The number of nitrogens with zero attached hydrogens (tertiary/aromatic N) is 1. The minimum absolute atomic E-state index is 0.128. The number of benzene rings is 1. The van der Waals surface area contributed by atoms with Crippen LogP contribution in [0.25, 0.3) is 0 Å². The highest BCUT2D eigenvalue weighted by molar-refractivity contribution is 5.78. The maximum atomic E-state index is 12.0. The maximum Gasteiger partial charge on any atom is 0.234 e. The highest BCUT2D eigenvalue weighted by Gasteiger charge is 2.16. The van der Waals surface area contributed by atoms with Gasteiger partial charge in [-0.3, -0.25) is 9.69 Å². The summed E-state index contributed by atoms with van der Waals surface area (Å²) in [7, 11) is 1.96. The van der Waals surface area contributed by atoms with Crippen molar-refractivity contribution in [2.24, 2.45) is 0 Å². The van der Waals surface area contributed by atoms with Gasteiger partial charge in [-0.15, -0.1) is 0 Å². The Hall–Kier alpha value is -1.55. The summed E-state index contributed by atoms with van der Waals surface area (Å²) in [4.78, 5) is 14.0. The predicted octanol–water partition coefficient (Wildman–Crippen LogP) is 2.15. The van der Waals surface area contributed by atoms with E-state index >= 15 is 0 Å². The van der Waals surface area contributed by atoms with Gasteiger partial charge in [0.2, 0.25) is 5.91 Å². The average molecular weight is 275 g/mol. The van der Waals surface area contributed by atoms with Crippen molar-refractivity contribution in [3.8, 4) is 0 Å². The predicted molar refractivity (Wildman–Crippen MR) is 82.2 cm³/mol. The summed E-state index contributed by atoms with van der Waals surface area (Å²) < 4.78 is 0. The fourth-order valence-electron chi connectivity index (χ4n) is 2.82. The monoisotopic (exact) mass is 275 g/mol. The molecule has 0 heterocycles. The van der Waals surface area contributed by atoms with Crippen LogP contribution in [0.2, 0.25) is 0 Å². The number of hydrogen-bond acceptors (Lipinski definition) is 3. The Morgan fingerprint density at radius 2 is 2.10 bits per heavy atom. The fourth-order valence-corrected chi connectivity index (χ4v) is 2.82. The molecule has 0 saturated heterocycles. The van der Waals surface area contributed by atoms with Crippen molar-refractivity contribution in [3.63, 3.8) is 0 Å². The summed E-state index contributed by atoms with van der Waals surface area (Å²) >= 11 is 0. The lowest BCUT2D eigenvalue weighted by atomic mass is 9.95. The topological polar surface area (TPSA) is 58.4 Å². The second-order valence-electron chi connectivity index (χ2n) is 5.82. The fraction of sp³-hybridized carbons (Fsp3) is 0.562. The maximum absolute atomic E-state index is 12.0. The number of rotatable bonds is 5. The molecule has 0 unspecified atom stereocenters. The van der Waals surface area contributed by atoms with Crippen molar-refractivity contribution in [1.82, 2.24) is 10.2 Å². The van der Waals surface area contributed by atoms with E-state index in [2.05, 4.69) is 5.32 Å². The van der Waals surface area contributed by atoms with Crippen LogP contribution in [-0.2, 0) is 11.3 Å². The van der Waals surface area contributed by atoms with Crippen LogP contribution in [0.15, 0.2) is 24.3 Å². The Morgan fingerprint density at radius 1 is 1.35 bits per heavy atom. The van der Waals surface area contributed by atoms with Crippen LogP contribution >= 0.6 is 0 Å². The van der Waals surface area contributed by atoms with Gasteiger partial charge in [0.15, 0.2) is 0 Å². The summed E-state index contributed by atoms with van der Waals surface area (Å²) in [6.07, 6.45) is 6.05. The molecule has 1 aromatic carbocycles. The van der Waals surface area contributed by atoms with Crippen molar-refractivity contribution in [2.45, 2.75) is 44.7 Å². The highest BCUT2D eigenvalue weighted by Crippen LogP contribution is 2.17. The van der Waals surface area contributed by atoms with Gasteiger partial charge in [0.1, 0.15) is 0 Å². The number of nitrogens with two attached hydrogens (primary N) is 1. The number of anilines is 1. The molecule has 1 aromatic rings. The molecule has 1 amide bonds. The van der Waals surface area contributed by atoms with Gasteiger partial charge in [-0.2, -0.15) is 0 Å². The lowest BCUT2D eigenvalue weighted by molar-refractivity contribution is -0.123. The summed E-state index contributed by atoms with van der Waals surface area (Å²) in [5.74, 6) is 0.128. The van der Waals surface area contributed by atoms with E-state index in [-0.39, 0.29) is 5.91 Å². The highest BCUT2D eigenvalue weighted by atomic mass is 16.2. The average Bonchev–Trinajstić information content (AvgIpc) is 2.39. The molecule has 3 N–H and O–H groups in total. The van der Waals surface area contributed by atoms with Crippen LogP contribution in [0, 0.1) is 0 Å². The number of carbonyl (C=O) groups is 1. The van der Waals surface area contributed by atoms with Crippen LogP contribution in [0.3, 0.4) is 0 Å². The van der Waals surface area contributed by atoms with Crippen LogP contribution in [0.4, 0.5) is 5.69 Å². The van der Waals surface area contributed by atoms with Gasteiger partial charge in [0, 0.05) is 18.3 Å². The normalized spacial score (nSPS) is 16.3. The first-order valence-electron chi connectivity index (χ1n) is 7.46. The number of likely N-dealkylation sites (N-methyl/N-ethyl adjacent to an activating group) is 1. The van der Waals surface area contributed by atoms with E-state index in [1.54, 1.807) is 0 Å². The van der Waals surface area contributed by atoms with E-state index in [9.17, 15) is 4.79 Å². The molecule has 0 bridgehead atoms. The quantitative estimate of drug-likeness (QED) is 0.810. The lowest BCUT2D eigenvalue weighted by Gasteiger charge is -2.24. The Balaban J connectivity index is 1.75. The SMILES string of the molecule is CN(CC(=O)NC1CCCCC1)Cc1cccc(N)c1. The van der Waals surface area contributed by atoms with Crippen molar-refractivity contribution in [2.75, 3.05) is 19.3 Å². The first-order chi connectivity index (χ1) is 9.63. The van der Waals surface area contributed by atoms with Crippen molar-refractivity contribution in [1.29, 1.82) is 0 Å². The molecular weight excluding hydrogens is 250 g/mol. The molecule has 0 aliphatic heterocycles. The van der Waals surface area contributed by atoms with Crippen LogP contribution in [0.5, 0.6) is 0 Å². The summed E-state index contributed by atoms with van der Waals surface area (Å²) in [5, 5.41) is 3.14. The molecule has 0 aromatic heterocycles. The molecule has 0 spiro atoms. The molecule has 4 nitrogen and oxygen atoms in total. The second-order valence-corrected chi connectivity index (χ2v) is 5.82. The summed E-state index contributed by atoms with van der Waals surface area (Å²) in [5.41, 5.74) is 7.66. The number of carbonyl (C=O) groups excluding carboxylic acids is 1. The number of nitrogens with one attached hydrogen (secondary N) is 1. The smallest absolute Gasteiger partial charge is 0.234 e. The lowest BCUT2D eigenvalue weighted by Crippen LogP contribution is -2.41. The third-order valence-electron chi connectivity index (χ3n) is 3.79. The molecule has 20 heavy (non-hydrogen) atoms. The first kappa shape index (κ1) is 14.9. The van der Waals surface area contributed by atoms with Crippen LogP contribution in [0.1, 0.15) is 37.7 Å². The first-order valence-corrected chi connectivity index (χ1v) is 7.46. The summed E-state index contributed by atoms with van der Waals surface area (Å²) in [6, 6.07) is 8.19. The third kappa shape index (κ3) is 4.85. The van der Waals surface area contributed by atoms with Crippen LogP contribution in [-0.4, -0.2) is 30.4 Å². The minimum atomic E-state index is 0.128. The standard InChI is InChI=1S/C16H25N3O/c1-19(11-13-6-5-7-14(17)10-13)12-16(20)18-15-8-3-2-4-9-15/h5-7,10,15H,2-4,8-9,11-12,17H2,1H3,(H,18,20). The molecule has 1 aliphatic carbocycles. The molecule has 0 atom stereocenters. The minimum Gasteiger partial charge on any atom is -0.399 e. The molecule has 2 rings (SSSR count). The Morgan fingerprint density at radius 3 is 2.80 bits per heavy atom. The molecule has 1 saturated carbocycles. The Kier molecular flexibility index (Phi) is 5.41. The number of nitrogen functional groups attached to an aromatic ring is 1. The molecule has 1 fully saturated rings. The van der Waals surface area contributed by atoms with Crippen LogP contribution < -0.4 is 11.1 Å².